The second-order valence-corrected chi connectivity index (χ2v) is 6.01. The molecule has 0 saturated heterocycles. The molecule has 0 unspecified atom stereocenters. The van der Waals surface area contributed by atoms with Gasteiger partial charge in [0, 0.05) is 5.56 Å². The highest BCUT2D eigenvalue weighted by Gasteiger charge is 2.15. The Morgan fingerprint density at radius 3 is 2.48 bits per heavy atom. The fourth-order valence-corrected chi connectivity index (χ4v) is 2.83. The zero-order chi connectivity index (χ0) is 17.2. The van der Waals surface area contributed by atoms with Gasteiger partial charge in [-0.05, 0) is 60.3 Å². The van der Waals surface area contributed by atoms with Gasteiger partial charge in [0.15, 0.2) is 5.76 Å². The van der Waals surface area contributed by atoms with Crippen LogP contribution in [0.3, 0.4) is 0 Å². The molecule has 124 valence electrons. The summed E-state index contributed by atoms with van der Waals surface area (Å²) in [6, 6.07) is 13.1. The van der Waals surface area contributed by atoms with E-state index in [1.807, 2.05) is 0 Å². The molecule has 3 aromatic heterocycles. The Kier molecular flexibility index (Phi) is 3.90. The van der Waals surface area contributed by atoms with Crippen molar-refractivity contribution in [2.24, 2.45) is 0 Å². The lowest BCUT2D eigenvalue weighted by Crippen LogP contribution is -2.11. The molecule has 2 N–H and O–H groups in total. The summed E-state index contributed by atoms with van der Waals surface area (Å²) in [5.74, 6) is 6.66. The van der Waals surface area contributed by atoms with Crippen molar-refractivity contribution < 1.29 is 8.81 Å². The van der Waals surface area contributed by atoms with Gasteiger partial charge in [0.1, 0.15) is 10.8 Å². The predicted octanol–water partition coefficient (Wildman–Crippen LogP) is 3.00. The van der Waals surface area contributed by atoms with E-state index in [-0.39, 0.29) is 5.82 Å². The number of hydrogen-bond donors (Lipinski definition) is 1. The van der Waals surface area contributed by atoms with Gasteiger partial charge >= 0.3 is 0 Å². The van der Waals surface area contributed by atoms with Crippen LogP contribution in [0.1, 0.15) is 0 Å². The molecule has 9 heteroatoms. The zero-order valence-electron chi connectivity index (χ0n) is 12.7. The van der Waals surface area contributed by atoms with Gasteiger partial charge in [-0.2, -0.15) is 0 Å². The molecule has 0 bridgehead atoms. The van der Waals surface area contributed by atoms with E-state index < -0.39 is 0 Å². The SMILES string of the molecule is Nn1c(Sc2ccc(-c3ccc(F)cc3)nn2)nnc1-c1ccco1. The van der Waals surface area contributed by atoms with Crippen molar-refractivity contribution in [2.45, 2.75) is 10.2 Å². The maximum absolute atomic E-state index is 13.0. The summed E-state index contributed by atoms with van der Waals surface area (Å²) in [5.41, 5.74) is 1.43. The summed E-state index contributed by atoms with van der Waals surface area (Å²) in [4.78, 5) is 0. The smallest absolute Gasteiger partial charge is 0.218 e. The molecule has 0 aliphatic rings. The molecule has 0 radical (unpaired) electrons. The first kappa shape index (κ1) is 15.3. The van der Waals surface area contributed by atoms with Gasteiger partial charge in [0.25, 0.3) is 0 Å². The molecule has 1 aromatic carbocycles. The third kappa shape index (κ3) is 3.09. The van der Waals surface area contributed by atoms with E-state index in [0.29, 0.717) is 27.5 Å². The number of halogens is 1. The van der Waals surface area contributed by atoms with E-state index in [0.717, 1.165) is 5.56 Å². The van der Waals surface area contributed by atoms with Gasteiger partial charge in [-0.3, -0.25) is 0 Å². The molecule has 0 atom stereocenters. The molecule has 7 nitrogen and oxygen atoms in total. The highest BCUT2D eigenvalue weighted by Crippen LogP contribution is 2.27. The maximum Gasteiger partial charge on any atom is 0.218 e. The van der Waals surface area contributed by atoms with Crippen molar-refractivity contribution in [2.75, 3.05) is 5.84 Å². The first-order chi connectivity index (χ1) is 12.2. The molecule has 3 heterocycles. The Balaban J connectivity index is 1.55. The molecular formula is C16H11FN6OS. The molecule has 4 aromatic rings. The number of rotatable bonds is 4. The number of hydrogen-bond acceptors (Lipinski definition) is 7. The average molecular weight is 354 g/mol. The van der Waals surface area contributed by atoms with Crippen LogP contribution in [0.4, 0.5) is 4.39 Å². The second kappa shape index (κ2) is 6.36. The minimum absolute atomic E-state index is 0.293. The Morgan fingerprint density at radius 2 is 1.80 bits per heavy atom. The number of nitrogen functional groups attached to an aromatic ring is 1. The summed E-state index contributed by atoms with van der Waals surface area (Å²) in [7, 11) is 0. The molecular weight excluding hydrogens is 343 g/mol. The highest BCUT2D eigenvalue weighted by atomic mass is 32.2. The van der Waals surface area contributed by atoms with Gasteiger partial charge in [-0.1, -0.05) is 0 Å². The molecule has 0 spiro atoms. The van der Waals surface area contributed by atoms with E-state index in [9.17, 15) is 4.39 Å². The van der Waals surface area contributed by atoms with Crippen LogP contribution in [-0.4, -0.2) is 25.1 Å². The van der Waals surface area contributed by atoms with Crippen LogP contribution in [0.25, 0.3) is 22.8 Å². The average Bonchev–Trinajstić information content (AvgIpc) is 3.27. The van der Waals surface area contributed by atoms with Crippen LogP contribution in [0.5, 0.6) is 0 Å². The van der Waals surface area contributed by atoms with E-state index in [2.05, 4.69) is 20.4 Å². The molecule has 0 amide bonds. The van der Waals surface area contributed by atoms with Crippen LogP contribution in [0, 0.1) is 5.82 Å². The lowest BCUT2D eigenvalue weighted by Gasteiger charge is -2.03. The maximum atomic E-state index is 13.0. The fourth-order valence-electron chi connectivity index (χ4n) is 2.16. The van der Waals surface area contributed by atoms with Crippen molar-refractivity contribution in [3.05, 3.63) is 60.6 Å². The van der Waals surface area contributed by atoms with Gasteiger partial charge in [-0.25, -0.2) is 9.07 Å². The van der Waals surface area contributed by atoms with Crippen molar-refractivity contribution in [3.63, 3.8) is 0 Å². The largest absolute Gasteiger partial charge is 0.461 e. The lowest BCUT2D eigenvalue weighted by atomic mass is 10.1. The van der Waals surface area contributed by atoms with Gasteiger partial charge in [-0.15, -0.1) is 20.4 Å². The number of benzene rings is 1. The van der Waals surface area contributed by atoms with Crippen LogP contribution >= 0.6 is 11.8 Å². The number of aromatic nitrogens is 5. The van der Waals surface area contributed by atoms with Crippen LogP contribution in [0.15, 0.2) is 69.4 Å². The lowest BCUT2D eigenvalue weighted by molar-refractivity contribution is 0.574. The van der Waals surface area contributed by atoms with Gasteiger partial charge in [0.05, 0.1) is 12.0 Å². The molecule has 0 fully saturated rings. The van der Waals surface area contributed by atoms with E-state index in [4.69, 9.17) is 10.3 Å². The number of nitrogens with zero attached hydrogens (tertiary/aromatic N) is 5. The Labute approximate surface area is 145 Å². The van der Waals surface area contributed by atoms with Gasteiger partial charge < -0.3 is 10.3 Å². The zero-order valence-corrected chi connectivity index (χ0v) is 13.5. The molecule has 0 aliphatic heterocycles. The topological polar surface area (TPSA) is 95.7 Å². The summed E-state index contributed by atoms with van der Waals surface area (Å²) >= 11 is 1.23. The van der Waals surface area contributed by atoms with Crippen molar-refractivity contribution in [1.82, 2.24) is 25.1 Å². The minimum Gasteiger partial charge on any atom is -0.461 e. The third-order valence-electron chi connectivity index (χ3n) is 3.38. The van der Waals surface area contributed by atoms with Crippen LogP contribution in [-0.2, 0) is 0 Å². The van der Waals surface area contributed by atoms with E-state index in [1.54, 1.807) is 36.4 Å². The minimum atomic E-state index is -0.293. The molecule has 25 heavy (non-hydrogen) atoms. The van der Waals surface area contributed by atoms with Crippen molar-refractivity contribution in [3.8, 4) is 22.8 Å². The van der Waals surface area contributed by atoms with E-state index in [1.165, 1.54) is 34.8 Å². The quantitative estimate of drug-likeness (QED) is 0.563. The highest BCUT2D eigenvalue weighted by molar-refractivity contribution is 7.99. The number of nitrogens with two attached hydrogens (primary N) is 1. The first-order valence-electron chi connectivity index (χ1n) is 7.22. The van der Waals surface area contributed by atoms with Gasteiger partial charge in [0.2, 0.25) is 11.0 Å². The monoisotopic (exact) mass is 354 g/mol. The first-order valence-corrected chi connectivity index (χ1v) is 8.04. The summed E-state index contributed by atoms with van der Waals surface area (Å²) < 4.78 is 19.6. The standard InChI is InChI=1S/C16H11FN6OS/c17-11-5-3-10(4-6-11)12-7-8-14(20-19-12)25-16-22-21-15(23(16)18)13-2-1-9-24-13/h1-9H,18H2. The Bertz CT molecular complexity index is 983. The summed E-state index contributed by atoms with van der Waals surface area (Å²) in [5, 5.41) is 17.4. The van der Waals surface area contributed by atoms with Crippen molar-refractivity contribution in [1.29, 1.82) is 0 Å². The molecule has 0 saturated carbocycles. The molecule has 4 rings (SSSR count). The Hall–Kier alpha value is -3.20. The summed E-state index contributed by atoms with van der Waals surface area (Å²) in [6.45, 7) is 0. The fraction of sp³-hybridized carbons (Fsp3) is 0. The van der Waals surface area contributed by atoms with Crippen molar-refractivity contribution >= 4 is 11.8 Å². The Morgan fingerprint density at radius 1 is 0.960 bits per heavy atom. The van der Waals surface area contributed by atoms with Crippen LogP contribution < -0.4 is 5.84 Å². The predicted molar refractivity (Wildman–Crippen MR) is 89.4 cm³/mol. The third-order valence-corrected chi connectivity index (χ3v) is 4.27. The summed E-state index contributed by atoms with van der Waals surface area (Å²) in [6.07, 6.45) is 1.54. The number of furan rings is 1. The van der Waals surface area contributed by atoms with Crippen LogP contribution in [0.2, 0.25) is 0 Å². The van der Waals surface area contributed by atoms with E-state index >= 15 is 0 Å². The second-order valence-electron chi connectivity index (χ2n) is 5.02. The molecule has 0 aliphatic carbocycles. The normalized spacial score (nSPS) is 10.9.